The number of benzene rings is 3. The van der Waals surface area contributed by atoms with Gasteiger partial charge in [-0.1, -0.05) is 69.3 Å². The standard InChI is InChI=1S/C28H28N2O2/c1-18-15-19(2)17-23(16-18)30-26(31)24(20-9-7-6-8-10-20)25(27(30)32)29-22-13-11-21(12-14-22)28(3,4)5/h6-17,29H,1-5H3. The molecule has 0 aliphatic carbocycles. The smallest absolute Gasteiger partial charge is 0.282 e. The molecule has 1 aliphatic heterocycles. The predicted octanol–water partition coefficient (Wildman–Crippen LogP) is 6.00. The fraction of sp³-hybridized carbons (Fsp3) is 0.214. The van der Waals surface area contributed by atoms with Gasteiger partial charge in [-0.15, -0.1) is 0 Å². The van der Waals surface area contributed by atoms with Gasteiger partial charge in [0.15, 0.2) is 0 Å². The average molecular weight is 425 g/mol. The van der Waals surface area contributed by atoms with Crippen molar-refractivity contribution in [3.8, 4) is 0 Å². The first-order valence-corrected chi connectivity index (χ1v) is 10.8. The highest BCUT2D eigenvalue weighted by Gasteiger charge is 2.40. The Morgan fingerprint density at radius 1 is 0.750 bits per heavy atom. The highest BCUT2D eigenvalue weighted by molar-refractivity contribution is 6.46. The second-order valence-electron chi connectivity index (χ2n) is 9.36. The molecule has 3 aromatic rings. The van der Waals surface area contributed by atoms with Gasteiger partial charge in [0.2, 0.25) is 0 Å². The number of anilines is 2. The predicted molar refractivity (Wildman–Crippen MR) is 131 cm³/mol. The third-order valence-corrected chi connectivity index (χ3v) is 5.63. The SMILES string of the molecule is Cc1cc(C)cc(N2C(=O)C(Nc3ccc(C(C)(C)C)cc3)=C(c3ccccc3)C2=O)c1. The zero-order chi connectivity index (χ0) is 23.0. The Kier molecular flexibility index (Phi) is 5.47. The first kappa shape index (κ1) is 21.6. The van der Waals surface area contributed by atoms with Crippen LogP contribution in [0.15, 0.2) is 78.5 Å². The van der Waals surface area contributed by atoms with Crippen LogP contribution < -0.4 is 10.2 Å². The molecule has 32 heavy (non-hydrogen) atoms. The van der Waals surface area contributed by atoms with Crippen LogP contribution in [0.25, 0.3) is 5.57 Å². The van der Waals surface area contributed by atoms with Gasteiger partial charge in [0.1, 0.15) is 5.70 Å². The summed E-state index contributed by atoms with van der Waals surface area (Å²) < 4.78 is 0. The molecule has 3 aromatic carbocycles. The van der Waals surface area contributed by atoms with Gasteiger partial charge in [0.25, 0.3) is 11.8 Å². The molecule has 1 heterocycles. The summed E-state index contributed by atoms with van der Waals surface area (Å²) in [6, 6.07) is 23.1. The van der Waals surface area contributed by atoms with Crippen LogP contribution in [0.5, 0.6) is 0 Å². The van der Waals surface area contributed by atoms with E-state index in [1.807, 2.05) is 86.6 Å². The van der Waals surface area contributed by atoms with Crippen LogP contribution in [0.1, 0.15) is 43.0 Å². The van der Waals surface area contributed by atoms with Crippen molar-refractivity contribution < 1.29 is 9.59 Å². The molecule has 0 atom stereocenters. The lowest BCUT2D eigenvalue weighted by atomic mass is 9.87. The molecule has 0 unspecified atom stereocenters. The fourth-order valence-electron chi connectivity index (χ4n) is 4.03. The molecule has 2 amide bonds. The topological polar surface area (TPSA) is 49.4 Å². The van der Waals surface area contributed by atoms with Crippen molar-refractivity contribution in [2.45, 2.75) is 40.0 Å². The van der Waals surface area contributed by atoms with E-state index in [1.54, 1.807) is 0 Å². The molecule has 0 spiro atoms. The van der Waals surface area contributed by atoms with Crippen molar-refractivity contribution >= 4 is 28.8 Å². The number of aryl methyl sites for hydroxylation is 2. The van der Waals surface area contributed by atoms with Gasteiger partial charge in [-0.05, 0) is 65.8 Å². The Bertz CT molecular complexity index is 1200. The quantitative estimate of drug-likeness (QED) is 0.523. The summed E-state index contributed by atoms with van der Waals surface area (Å²) in [6.45, 7) is 10.4. The third-order valence-electron chi connectivity index (χ3n) is 5.63. The van der Waals surface area contributed by atoms with E-state index in [-0.39, 0.29) is 17.2 Å². The number of hydrogen-bond acceptors (Lipinski definition) is 3. The molecule has 162 valence electrons. The lowest BCUT2D eigenvalue weighted by Crippen LogP contribution is -2.32. The van der Waals surface area contributed by atoms with Gasteiger partial charge in [-0.2, -0.15) is 0 Å². The summed E-state index contributed by atoms with van der Waals surface area (Å²) >= 11 is 0. The fourth-order valence-corrected chi connectivity index (χ4v) is 4.03. The number of imide groups is 1. The van der Waals surface area contributed by atoms with Gasteiger partial charge in [-0.25, -0.2) is 4.90 Å². The molecule has 4 heteroatoms. The van der Waals surface area contributed by atoms with Crippen LogP contribution in [0.2, 0.25) is 0 Å². The first-order valence-electron chi connectivity index (χ1n) is 10.8. The number of carbonyl (C=O) groups is 2. The highest BCUT2D eigenvalue weighted by Crippen LogP contribution is 2.34. The summed E-state index contributed by atoms with van der Waals surface area (Å²) in [5.41, 5.74) is 5.99. The first-order chi connectivity index (χ1) is 15.1. The van der Waals surface area contributed by atoms with E-state index in [4.69, 9.17) is 0 Å². The van der Waals surface area contributed by atoms with E-state index >= 15 is 0 Å². The zero-order valence-corrected chi connectivity index (χ0v) is 19.2. The molecule has 4 nitrogen and oxygen atoms in total. The molecule has 0 saturated carbocycles. The van der Waals surface area contributed by atoms with Crippen LogP contribution >= 0.6 is 0 Å². The second kappa shape index (κ2) is 8.12. The lowest BCUT2D eigenvalue weighted by Gasteiger charge is -2.19. The minimum Gasteiger partial charge on any atom is -0.350 e. The van der Waals surface area contributed by atoms with Crippen molar-refractivity contribution in [1.82, 2.24) is 0 Å². The summed E-state index contributed by atoms with van der Waals surface area (Å²) in [7, 11) is 0. The number of amides is 2. The molecule has 0 bridgehead atoms. The Morgan fingerprint density at radius 2 is 1.34 bits per heavy atom. The van der Waals surface area contributed by atoms with Gasteiger partial charge in [-0.3, -0.25) is 9.59 Å². The average Bonchev–Trinajstić information content (AvgIpc) is 2.97. The van der Waals surface area contributed by atoms with E-state index in [1.165, 1.54) is 10.5 Å². The third kappa shape index (κ3) is 4.09. The molecule has 0 fully saturated rings. The van der Waals surface area contributed by atoms with E-state index in [9.17, 15) is 9.59 Å². The van der Waals surface area contributed by atoms with Crippen LogP contribution in [0.3, 0.4) is 0 Å². The van der Waals surface area contributed by atoms with Gasteiger partial charge in [0, 0.05) is 5.69 Å². The summed E-state index contributed by atoms with van der Waals surface area (Å²) in [5.74, 6) is -0.668. The molecule has 0 aromatic heterocycles. The molecule has 0 radical (unpaired) electrons. The number of carbonyl (C=O) groups excluding carboxylic acids is 2. The monoisotopic (exact) mass is 424 g/mol. The summed E-state index contributed by atoms with van der Waals surface area (Å²) in [4.78, 5) is 28.3. The number of rotatable bonds is 4. The van der Waals surface area contributed by atoms with Crippen molar-refractivity contribution in [3.63, 3.8) is 0 Å². The van der Waals surface area contributed by atoms with Crippen molar-refractivity contribution in [1.29, 1.82) is 0 Å². The van der Waals surface area contributed by atoms with Crippen LogP contribution in [-0.4, -0.2) is 11.8 Å². The van der Waals surface area contributed by atoms with Crippen molar-refractivity contribution in [3.05, 3.63) is 101 Å². The largest absolute Gasteiger partial charge is 0.350 e. The maximum absolute atomic E-state index is 13.5. The highest BCUT2D eigenvalue weighted by atomic mass is 16.2. The van der Waals surface area contributed by atoms with Crippen LogP contribution in [0, 0.1) is 13.8 Å². The Balaban J connectivity index is 1.78. The molecular weight excluding hydrogens is 396 g/mol. The summed E-state index contributed by atoms with van der Waals surface area (Å²) in [5, 5.41) is 3.24. The van der Waals surface area contributed by atoms with E-state index < -0.39 is 0 Å². The Morgan fingerprint density at radius 3 is 1.91 bits per heavy atom. The maximum atomic E-state index is 13.5. The molecule has 1 N–H and O–H groups in total. The van der Waals surface area contributed by atoms with Gasteiger partial charge in [0.05, 0.1) is 11.3 Å². The minimum atomic E-state index is -0.348. The normalized spacial score (nSPS) is 14.3. The number of nitrogens with one attached hydrogen (secondary N) is 1. The van der Waals surface area contributed by atoms with Crippen LogP contribution in [-0.2, 0) is 15.0 Å². The maximum Gasteiger partial charge on any atom is 0.282 e. The molecule has 1 aliphatic rings. The Labute approximate surface area is 189 Å². The minimum absolute atomic E-state index is 0.0337. The number of hydrogen-bond donors (Lipinski definition) is 1. The van der Waals surface area contributed by atoms with Crippen molar-refractivity contribution in [2.24, 2.45) is 0 Å². The molecular formula is C28H28N2O2. The van der Waals surface area contributed by atoms with Gasteiger partial charge >= 0.3 is 0 Å². The second-order valence-corrected chi connectivity index (χ2v) is 9.36. The summed E-state index contributed by atoms with van der Waals surface area (Å²) in [6.07, 6.45) is 0. The van der Waals surface area contributed by atoms with E-state index in [0.29, 0.717) is 22.5 Å². The van der Waals surface area contributed by atoms with E-state index in [2.05, 4.69) is 26.1 Å². The molecule has 4 rings (SSSR count). The molecule has 0 saturated heterocycles. The Hall–Kier alpha value is -3.66. The number of nitrogens with zero attached hydrogens (tertiary/aromatic N) is 1. The lowest BCUT2D eigenvalue weighted by molar-refractivity contribution is -0.120. The zero-order valence-electron chi connectivity index (χ0n) is 19.2. The van der Waals surface area contributed by atoms with E-state index in [0.717, 1.165) is 16.8 Å². The van der Waals surface area contributed by atoms with Crippen molar-refractivity contribution in [2.75, 3.05) is 10.2 Å². The van der Waals surface area contributed by atoms with Crippen LogP contribution in [0.4, 0.5) is 11.4 Å². The van der Waals surface area contributed by atoms with Gasteiger partial charge < -0.3 is 5.32 Å².